The third kappa shape index (κ3) is 12.8. The fraction of sp³-hybridized carbons (Fsp3) is 0.429. The second kappa shape index (κ2) is 24.3. The Balaban J connectivity index is 0.826. The smallest absolute Gasteiger partial charge is 0.352 e. The van der Waals surface area contributed by atoms with Crippen LogP contribution in [-0.2, 0) is 39.9 Å². The molecule has 420 valence electrons. The summed E-state index contributed by atoms with van der Waals surface area (Å²) in [6.45, 7) is 2.70. The molecule has 4 aromatic rings. The van der Waals surface area contributed by atoms with E-state index < -0.39 is 85.4 Å². The molecule has 0 spiro atoms. The summed E-state index contributed by atoms with van der Waals surface area (Å²) in [5.74, 6) is 2.40. The number of fused-ring (bicyclic) bond motifs is 3. The minimum absolute atomic E-state index is 0.0112. The van der Waals surface area contributed by atoms with Crippen molar-refractivity contribution < 1.29 is 62.3 Å². The molecule has 1 unspecified atom stereocenters. The number of nitrogens with zero attached hydrogens (tertiary/aromatic N) is 3. The van der Waals surface area contributed by atoms with Gasteiger partial charge in [0.1, 0.15) is 30.2 Å². The van der Waals surface area contributed by atoms with E-state index in [0.29, 0.717) is 78.4 Å². The first kappa shape index (κ1) is 56.9. The maximum atomic E-state index is 14.5. The van der Waals surface area contributed by atoms with Gasteiger partial charge in [0.2, 0.25) is 35.4 Å². The molecule has 10 amide bonds. The second-order valence-electron chi connectivity index (χ2n) is 21.0. The van der Waals surface area contributed by atoms with Crippen molar-refractivity contribution in [3.8, 4) is 11.8 Å². The highest BCUT2D eigenvalue weighted by Crippen LogP contribution is 2.50. The van der Waals surface area contributed by atoms with Crippen LogP contribution in [0.25, 0.3) is 10.1 Å². The standard InChI is InChI=1S/C56H62N9O13PS/c1-2-3-16-40(59-50(69)44-27-35-25-34(17-19-43(35)80-44)55(74)79(76,77)78)53(72)65-29-36-26-38(36)47(65)51(70)60-41(28-58-56(57)75)48(67)62-46(33-12-5-4-6-13-33)54(73)63-23-21-31(22-24-63)10-7-8-11-32-14-9-15-37-39(32)30-64(52(37)71)42-18-20-45(66)61-49(42)68/h4-6,9,12-15,17,19,25,27,31,36,38,40-42,46-47H,2-3,7,10,16,18,20-24,26,28-30H2,1H3,(H,59,69)(H,60,70)(H,62,67)(H3,57,58,75)(H,61,66,68)(H2,76,77,78)/t36-,38-,40+,41+,42?,46+,47+/m1/s1. The van der Waals surface area contributed by atoms with Gasteiger partial charge < -0.3 is 51.5 Å². The number of piperidine rings is 3. The number of amides is 10. The Labute approximate surface area is 464 Å². The molecular weight excluding hydrogens is 1070 g/mol. The maximum Gasteiger partial charge on any atom is 0.396 e. The first-order valence-corrected chi connectivity index (χ1v) is 29.2. The first-order chi connectivity index (χ1) is 38.3. The number of primary amides is 1. The SMILES string of the molecule is CCCC[C@H](NC(=O)c1cc2cc(C(=O)P(=O)(O)O)ccc2s1)C(=O)N1C[C@H]2C[C@H]2[C@H]1C(=O)N[C@@H](CNC(N)=O)C(=O)N[C@H](C(=O)N1CCC(CCC#Cc2cccc3c2CN(C2CCC(=O)NC2=O)C3=O)CC1)c1ccccc1. The molecule has 80 heavy (non-hydrogen) atoms. The summed E-state index contributed by atoms with van der Waals surface area (Å²) in [6.07, 6.45) is 5.17. The number of imide groups is 1. The van der Waals surface area contributed by atoms with Crippen molar-refractivity contribution in [2.45, 2.75) is 108 Å². The Kier molecular flexibility index (Phi) is 17.3. The van der Waals surface area contributed by atoms with Gasteiger partial charge >= 0.3 is 13.6 Å². The Morgan fingerprint density at radius 1 is 0.900 bits per heavy atom. The molecule has 4 fully saturated rings. The van der Waals surface area contributed by atoms with E-state index in [1.807, 2.05) is 13.0 Å². The van der Waals surface area contributed by atoms with Gasteiger partial charge in [0, 0.05) is 67.0 Å². The molecule has 1 saturated carbocycles. The van der Waals surface area contributed by atoms with Gasteiger partial charge in [-0.05, 0) is 109 Å². The van der Waals surface area contributed by atoms with Crippen LogP contribution >= 0.6 is 18.9 Å². The number of urea groups is 1. The molecule has 7 atom stereocenters. The molecule has 22 nitrogen and oxygen atoms in total. The summed E-state index contributed by atoms with van der Waals surface area (Å²) in [7, 11) is -5.06. The normalized spacial score (nSPS) is 20.8. The summed E-state index contributed by atoms with van der Waals surface area (Å²) in [5, 5.41) is 13.5. The van der Waals surface area contributed by atoms with Crippen molar-refractivity contribution in [2.75, 3.05) is 26.2 Å². The number of benzene rings is 3. The quantitative estimate of drug-likeness (QED) is 0.0381. The summed E-state index contributed by atoms with van der Waals surface area (Å²) >= 11 is 1.06. The number of nitrogens with one attached hydrogen (secondary N) is 5. The molecule has 4 aliphatic heterocycles. The number of hydrogen-bond donors (Lipinski definition) is 8. The monoisotopic (exact) mass is 1130 g/mol. The Bertz CT molecular complexity index is 3270. The average Bonchev–Trinajstić information content (AvgIpc) is 3.75. The van der Waals surface area contributed by atoms with Crippen LogP contribution in [0.2, 0.25) is 0 Å². The van der Waals surface area contributed by atoms with E-state index in [9.17, 15) is 62.3 Å². The van der Waals surface area contributed by atoms with E-state index in [-0.39, 0.29) is 78.3 Å². The minimum atomic E-state index is -5.06. The molecule has 5 heterocycles. The number of carbonyl (C=O) groups is 10. The summed E-state index contributed by atoms with van der Waals surface area (Å²) in [5.41, 5.74) is 6.28. The van der Waals surface area contributed by atoms with Gasteiger partial charge in [0.15, 0.2) is 0 Å². The van der Waals surface area contributed by atoms with Gasteiger partial charge in [-0.2, -0.15) is 0 Å². The minimum Gasteiger partial charge on any atom is -0.352 e. The van der Waals surface area contributed by atoms with Crippen LogP contribution in [0.3, 0.4) is 0 Å². The summed E-state index contributed by atoms with van der Waals surface area (Å²) in [6, 6.07) is 13.0. The third-order valence-electron chi connectivity index (χ3n) is 15.6. The van der Waals surface area contributed by atoms with Crippen LogP contribution in [0, 0.1) is 29.6 Å². The molecule has 1 aromatic heterocycles. The number of hydrogen-bond acceptors (Lipinski definition) is 12. The Morgan fingerprint density at radius 2 is 1.66 bits per heavy atom. The molecule has 0 bridgehead atoms. The predicted octanol–water partition coefficient (Wildman–Crippen LogP) is 3.20. The number of rotatable bonds is 19. The Morgan fingerprint density at radius 3 is 2.38 bits per heavy atom. The molecule has 1 aliphatic carbocycles. The molecule has 9 rings (SSSR count). The van der Waals surface area contributed by atoms with Crippen molar-refractivity contribution >= 4 is 87.8 Å². The number of thiophene rings is 1. The zero-order chi connectivity index (χ0) is 57.0. The van der Waals surface area contributed by atoms with E-state index in [4.69, 9.17) is 5.73 Å². The molecule has 0 radical (unpaired) electrons. The molecular formula is C56H62N9O13PS. The maximum absolute atomic E-state index is 14.5. The lowest BCUT2D eigenvalue weighted by Crippen LogP contribution is -2.60. The molecule has 3 saturated heterocycles. The zero-order valence-corrected chi connectivity index (χ0v) is 45.5. The first-order valence-electron chi connectivity index (χ1n) is 26.8. The lowest BCUT2D eigenvalue weighted by Gasteiger charge is -2.35. The second-order valence-corrected chi connectivity index (χ2v) is 23.6. The van der Waals surface area contributed by atoms with Crippen molar-refractivity contribution in [3.05, 3.63) is 105 Å². The number of nitrogens with two attached hydrogens (primary N) is 1. The van der Waals surface area contributed by atoms with E-state index in [2.05, 4.69) is 38.4 Å². The lowest BCUT2D eigenvalue weighted by molar-refractivity contribution is -0.142. The van der Waals surface area contributed by atoms with Gasteiger partial charge in [-0.3, -0.25) is 53.0 Å². The Hall–Kier alpha value is -7.77. The molecule has 24 heteroatoms. The highest BCUT2D eigenvalue weighted by molar-refractivity contribution is 7.70. The van der Waals surface area contributed by atoms with E-state index in [1.165, 1.54) is 34.1 Å². The van der Waals surface area contributed by atoms with Gasteiger partial charge in [0.25, 0.3) is 17.3 Å². The number of likely N-dealkylation sites (tertiary alicyclic amines) is 2. The van der Waals surface area contributed by atoms with Crippen molar-refractivity contribution in [1.29, 1.82) is 0 Å². The van der Waals surface area contributed by atoms with Crippen LogP contribution < -0.4 is 32.3 Å². The lowest BCUT2D eigenvalue weighted by atomic mass is 9.91. The van der Waals surface area contributed by atoms with Crippen molar-refractivity contribution in [3.63, 3.8) is 0 Å². The molecule has 5 aliphatic rings. The highest BCUT2D eigenvalue weighted by atomic mass is 32.1. The molecule has 9 N–H and O–H groups in total. The van der Waals surface area contributed by atoms with Crippen LogP contribution in [0.15, 0.2) is 72.8 Å². The molecule has 3 aromatic carbocycles. The number of unbranched alkanes of at least 4 members (excludes halogenated alkanes) is 1. The van der Waals surface area contributed by atoms with Crippen LogP contribution in [0.1, 0.15) is 124 Å². The van der Waals surface area contributed by atoms with Gasteiger partial charge in [-0.1, -0.05) is 68.0 Å². The van der Waals surface area contributed by atoms with E-state index >= 15 is 0 Å². The predicted molar refractivity (Wildman–Crippen MR) is 291 cm³/mol. The van der Waals surface area contributed by atoms with Crippen molar-refractivity contribution in [1.82, 2.24) is 41.3 Å². The average molecular weight is 1130 g/mol. The van der Waals surface area contributed by atoms with Crippen LogP contribution in [-0.4, -0.2) is 134 Å². The van der Waals surface area contributed by atoms with E-state index in [1.54, 1.807) is 47.4 Å². The van der Waals surface area contributed by atoms with Crippen molar-refractivity contribution in [2.24, 2.45) is 23.5 Å². The third-order valence-corrected chi connectivity index (χ3v) is 17.5. The highest BCUT2D eigenvalue weighted by Gasteiger charge is 2.58. The van der Waals surface area contributed by atoms with Gasteiger partial charge in [-0.25, -0.2) is 4.79 Å². The van der Waals surface area contributed by atoms with Crippen LogP contribution in [0.4, 0.5) is 4.79 Å². The largest absolute Gasteiger partial charge is 0.396 e. The number of carbonyl (C=O) groups excluding carboxylic acids is 10. The van der Waals surface area contributed by atoms with Gasteiger partial charge in [-0.15, -0.1) is 11.3 Å². The van der Waals surface area contributed by atoms with Crippen LogP contribution in [0.5, 0.6) is 0 Å². The summed E-state index contributed by atoms with van der Waals surface area (Å²) < 4.78 is 12.2. The fourth-order valence-electron chi connectivity index (χ4n) is 11.2. The zero-order valence-electron chi connectivity index (χ0n) is 43.8. The van der Waals surface area contributed by atoms with Gasteiger partial charge in [0.05, 0.1) is 4.88 Å². The summed E-state index contributed by atoms with van der Waals surface area (Å²) in [4.78, 5) is 157. The fourth-order valence-corrected chi connectivity index (χ4v) is 12.6. The topological polar surface area (TPSA) is 324 Å². The van der Waals surface area contributed by atoms with E-state index in [0.717, 1.165) is 23.3 Å².